The van der Waals surface area contributed by atoms with Crippen molar-refractivity contribution in [2.24, 2.45) is 23.7 Å². The molecule has 0 amide bonds. The molecule has 4 unspecified atom stereocenters. The first-order chi connectivity index (χ1) is 12.0. The normalized spacial score (nSPS) is 30.1. The first kappa shape index (κ1) is 19.8. The van der Waals surface area contributed by atoms with Crippen LogP contribution in [0.3, 0.4) is 0 Å². The number of nitrogens with zero attached hydrogens (tertiary/aromatic N) is 1. The summed E-state index contributed by atoms with van der Waals surface area (Å²) in [7, 11) is 8.21. The average Bonchev–Trinajstić information content (AvgIpc) is 2.60. The van der Waals surface area contributed by atoms with Gasteiger partial charge >= 0.3 is 0 Å². The Kier molecular flexibility index (Phi) is 7.37. The summed E-state index contributed by atoms with van der Waals surface area (Å²) < 4.78 is 5.61. The molecule has 0 heterocycles. The minimum atomic E-state index is 0.441. The van der Waals surface area contributed by atoms with Crippen LogP contribution in [0, 0.1) is 23.7 Å². The summed E-state index contributed by atoms with van der Waals surface area (Å²) in [6, 6.07) is 0. The topological polar surface area (TPSA) is 24.5 Å². The molecule has 2 aliphatic carbocycles. The Hall–Kier alpha value is -1.48. The van der Waals surface area contributed by atoms with Gasteiger partial charge in [0.05, 0.1) is 12.9 Å². The fourth-order valence-corrected chi connectivity index (χ4v) is 4.10. The quantitative estimate of drug-likeness (QED) is 0.742. The molecule has 140 valence electrons. The van der Waals surface area contributed by atoms with Crippen molar-refractivity contribution in [3.63, 3.8) is 0 Å². The van der Waals surface area contributed by atoms with E-state index in [0.717, 1.165) is 31.6 Å². The lowest BCUT2D eigenvalue weighted by molar-refractivity contribution is 0.227. The maximum Gasteiger partial charge on any atom is 0.0921 e. The molecule has 0 radical (unpaired) electrons. The van der Waals surface area contributed by atoms with Gasteiger partial charge in [0.1, 0.15) is 0 Å². The highest BCUT2D eigenvalue weighted by Gasteiger charge is 2.31. The molecule has 0 bridgehead atoms. The molecular formula is C22H36N2O. The van der Waals surface area contributed by atoms with Crippen molar-refractivity contribution < 1.29 is 4.74 Å². The van der Waals surface area contributed by atoms with Gasteiger partial charge in [-0.3, -0.25) is 0 Å². The van der Waals surface area contributed by atoms with Crippen LogP contribution in [0.15, 0.2) is 47.4 Å². The highest BCUT2D eigenvalue weighted by atomic mass is 16.5. The van der Waals surface area contributed by atoms with Gasteiger partial charge in [-0.2, -0.15) is 0 Å². The Balaban J connectivity index is 2.40. The number of hydrogen-bond donors (Lipinski definition) is 1. The van der Waals surface area contributed by atoms with Gasteiger partial charge in [-0.05, 0) is 56.3 Å². The first-order valence-electron chi connectivity index (χ1n) is 9.61. The Morgan fingerprint density at radius 1 is 1.24 bits per heavy atom. The van der Waals surface area contributed by atoms with Crippen LogP contribution in [0.2, 0.25) is 0 Å². The summed E-state index contributed by atoms with van der Waals surface area (Å²) in [6.07, 6.45) is 14.5. The van der Waals surface area contributed by atoms with E-state index in [1.165, 1.54) is 5.70 Å². The van der Waals surface area contributed by atoms with Crippen LogP contribution in [-0.2, 0) is 4.74 Å². The van der Waals surface area contributed by atoms with E-state index in [4.69, 9.17) is 4.74 Å². The summed E-state index contributed by atoms with van der Waals surface area (Å²) in [5, 5.41) is 3.59. The fraction of sp³-hybridized carbons (Fsp3) is 0.636. The van der Waals surface area contributed by atoms with E-state index in [1.54, 1.807) is 12.7 Å². The van der Waals surface area contributed by atoms with Crippen LogP contribution in [0.5, 0.6) is 0 Å². The van der Waals surface area contributed by atoms with Crippen molar-refractivity contribution in [2.75, 3.05) is 34.8 Å². The smallest absolute Gasteiger partial charge is 0.0921 e. The third-order valence-electron chi connectivity index (χ3n) is 5.72. The van der Waals surface area contributed by atoms with Crippen LogP contribution >= 0.6 is 0 Å². The Morgan fingerprint density at radius 3 is 2.56 bits per heavy atom. The van der Waals surface area contributed by atoms with Gasteiger partial charge in [-0.1, -0.05) is 38.2 Å². The summed E-state index contributed by atoms with van der Waals surface area (Å²) in [6.45, 7) is 5.78. The van der Waals surface area contributed by atoms with Gasteiger partial charge in [-0.15, -0.1) is 0 Å². The van der Waals surface area contributed by atoms with E-state index in [2.05, 4.69) is 75.6 Å². The predicted octanol–water partition coefficient (Wildman–Crippen LogP) is 4.37. The summed E-state index contributed by atoms with van der Waals surface area (Å²) >= 11 is 0. The van der Waals surface area contributed by atoms with Crippen molar-refractivity contribution in [2.45, 2.75) is 33.1 Å². The monoisotopic (exact) mass is 344 g/mol. The largest absolute Gasteiger partial charge is 0.501 e. The second-order valence-corrected chi connectivity index (χ2v) is 7.80. The molecule has 0 aromatic heterocycles. The van der Waals surface area contributed by atoms with Crippen molar-refractivity contribution in [3.05, 3.63) is 47.4 Å². The molecule has 2 aliphatic rings. The number of methoxy groups -OCH3 is 1. The Labute approximate surface area is 154 Å². The van der Waals surface area contributed by atoms with Crippen molar-refractivity contribution >= 4 is 0 Å². The van der Waals surface area contributed by atoms with Crippen LogP contribution in [0.4, 0.5) is 0 Å². The highest BCUT2D eigenvalue weighted by molar-refractivity contribution is 5.29. The minimum Gasteiger partial charge on any atom is -0.501 e. The number of allylic oxidation sites excluding steroid dienone is 6. The lowest BCUT2D eigenvalue weighted by Crippen LogP contribution is -2.30. The standard InChI is InChI=1S/C22H36N2O/c1-16-9-7-8-10-19(16)22(23-3)20(13-14-24(4)5)21-15-18(25-6)12-11-17(21)2/h7-10,12,16-17,19,21,23H,11,13-15H2,1-6H3/b22-20-. The number of rotatable bonds is 7. The first-order valence-corrected chi connectivity index (χ1v) is 9.61. The van der Waals surface area contributed by atoms with Gasteiger partial charge in [-0.25, -0.2) is 0 Å². The molecule has 1 N–H and O–H groups in total. The molecule has 0 saturated heterocycles. The van der Waals surface area contributed by atoms with Gasteiger partial charge in [0.25, 0.3) is 0 Å². The van der Waals surface area contributed by atoms with E-state index in [0.29, 0.717) is 23.7 Å². The van der Waals surface area contributed by atoms with E-state index in [-0.39, 0.29) is 0 Å². The molecule has 4 atom stereocenters. The van der Waals surface area contributed by atoms with Gasteiger partial charge in [0.15, 0.2) is 0 Å². The summed E-state index contributed by atoms with van der Waals surface area (Å²) in [5.41, 5.74) is 3.01. The zero-order valence-corrected chi connectivity index (χ0v) is 16.9. The molecule has 0 saturated carbocycles. The predicted molar refractivity (Wildman–Crippen MR) is 107 cm³/mol. The molecule has 3 nitrogen and oxygen atoms in total. The van der Waals surface area contributed by atoms with Gasteiger partial charge in [0, 0.05) is 31.6 Å². The van der Waals surface area contributed by atoms with E-state index in [1.807, 2.05) is 0 Å². The Bertz CT molecular complexity index is 556. The van der Waals surface area contributed by atoms with Crippen LogP contribution in [0.25, 0.3) is 0 Å². The summed E-state index contributed by atoms with van der Waals surface area (Å²) in [5.74, 6) is 3.31. The average molecular weight is 345 g/mol. The minimum absolute atomic E-state index is 0.441. The van der Waals surface area contributed by atoms with Crippen LogP contribution in [-0.4, -0.2) is 39.7 Å². The second kappa shape index (κ2) is 9.28. The SMILES string of the molecule is CN/C(=C(/CCN(C)C)C1CC(OC)=CCC1C)C1C=CC=CC1C. The molecule has 2 rings (SSSR count). The lowest BCUT2D eigenvalue weighted by atomic mass is 9.74. The molecule has 0 spiro atoms. The summed E-state index contributed by atoms with van der Waals surface area (Å²) in [4.78, 5) is 2.29. The maximum atomic E-state index is 5.61. The number of hydrogen-bond acceptors (Lipinski definition) is 3. The third-order valence-corrected chi connectivity index (χ3v) is 5.72. The molecule has 0 fully saturated rings. The Morgan fingerprint density at radius 2 is 1.96 bits per heavy atom. The molecule has 0 aromatic carbocycles. The van der Waals surface area contributed by atoms with Gasteiger partial charge < -0.3 is 15.0 Å². The highest BCUT2D eigenvalue weighted by Crippen LogP contribution is 2.40. The van der Waals surface area contributed by atoms with E-state index >= 15 is 0 Å². The van der Waals surface area contributed by atoms with E-state index in [9.17, 15) is 0 Å². The lowest BCUT2D eigenvalue weighted by Gasteiger charge is -2.35. The molecule has 0 aliphatic heterocycles. The number of ether oxygens (including phenoxy) is 1. The van der Waals surface area contributed by atoms with Crippen LogP contribution < -0.4 is 5.32 Å². The second-order valence-electron chi connectivity index (χ2n) is 7.80. The molecule has 3 heteroatoms. The van der Waals surface area contributed by atoms with Crippen molar-refractivity contribution in [3.8, 4) is 0 Å². The molecule has 0 aromatic rings. The van der Waals surface area contributed by atoms with Gasteiger partial charge in [0.2, 0.25) is 0 Å². The van der Waals surface area contributed by atoms with Crippen molar-refractivity contribution in [1.82, 2.24) is 10.2 Å². The van der Waals surface area contributed by atoms with E-state index < -0.39 is 0 Å². The zero-order valence-electron chi connectivity index (χ0n) is 16.9. The zero-order chi connectivity index (χ0) is 18.4. The molecule has 25 heavy (non-hydrogen) atoms. The molecular weight excluding hydrogens is 308 g/mol. The number of nitrogens with one attached hydrogen (secondary N) is 1. The van der Waals surface area contributed by atoms with Crippen LogP contribution in [0.1, 0.15) is 33.1 Å². The third kappa shape index (κ3) is 5.01. The maximum absolute atomic E-state index is 5.61. The fourth-order valence-electron chi connectivity index (χ4n) is 4.10. The van der Waals surface area contributed by atoms with Crippen molar-refractivity contribution in [1.29, 1.82) is 0 Å².